The van der Waals surface area contributed by atoms with Gasteiger partial charge in [-0.3, -0.25) is 4.90 Å². The third-order valence-electron chi connectivity index (χ3n) is 3.07. The average Bonchev–Trinajstić information content (AvgIpc) is 2.50. The lowest BCUT2D eigenvalue weighted by atomic mass is 10.1. The Balaban J connectivity index is 2.91. The molecule has 0 radical (unpaired) electrons. The van der Waals surface area contributed by atoms with Gasteiger partial charge < -0.3 is 20.4 Å². The van der Waals surface area contributed by atoms with Gasteiger partial charge in [-0.1, -0.05) is 11.2 Å². The van der Waals surface area contributed by atoms with Gasteiger partial charge in [-0.05, 0) is 17.7 Å². The van der Waals surface area contributed by atoms with Crippen molar-refractivity contribution in [3.63, 3.8) is 0 Å². The fourth-order valence-corrected chi connectivity index (χ4v) is 1.93. The third-order valence-corrected chi connectivity index (χ3v) is 3.07. The van der Waals surface area contributed by atoms with Gasteiger partial charge in [-0.2, -0.15) is 0 Å². The Morgan fingerprint density at radius 1 is 1.29 bits per heavy atom. The molecule has 3 N–H and O–H groups in total. The Bertz CT molecular complexity index is 461. The van der Waals surface area contributed by atoms with Gasteiger partial charge in [0, 0.05) is 39.4 Å². The van der Waals surface area contributed by atoms with Crippen molar-refractivity contribution >= 4 is 5.84 Å². The van der Waals surface area contributed by atoms with Gasteiger partial charge in [0.25, 0.3) is 0 Å². The van der Waals surface area contributed by atoms with Gasteiger partial charge in [0.2, 0.25) is 0 Å². The molecule has 6 nitrogen and oxygen atoms in total. The standard InChI is InChI=1S/C14H22FN3O3/c1-20-7-5-18(6-8-21-2)10-11-3-4-12(15)9-13(11)14(16)17-19/h3-4,9,19H,5-8,10H2,1-2H3,(H2,16,17). The maximum Gasteiger partial charge on any atom is 0.170 e. The van der Waals surface area contributed by atoms with Gasteiger partial charge in [-0.25, -0.2) is 4.39 Å². The van der Waals surface area contributed by atoms with Crippen LogP contribution in [0.4, 0.5) is 4.39 Å². The molecule has 1 aromatic carbocycles. The van der Waals surface area contributed by atoms with Gasteiger partial charge in [0.15, 0.2) is 5.84 Å². The Labute approximate surface area is 123 Å². The minimum atomic E-state index is -0.430. The highest BCUT2D eigenvalue weighted by Crippen LogP contribution is 2.14. The molecule has 0 unspecified atom stereocenters. The van der Waals surface area contributed by atoms with Crippen LogP contribution in [0.15, 0.2) is 23.4 Å². The van der Waals surface area contributed by atoms with Crippen LogP contribution in [0.1, 0.15) is 11.1 Å². The predicted molar refractivity (Wildman–Crippen MR) is 77.9 cm³/mol. The van der Waals surface area contributed by atoms with Gasteiger partial charge in [0.1, 0.15) is 5.82 Å². The van der Waals surface area contributed by atoms with Crippen molar-refractivity contribution in [2.24, 2.45) is 10.9 Å². The fourth-order valence-electron chi connectivity index (χ4n) is 1.93. The maximum atomic E-state index is 13.3. The van der Waals surface area contributed by atoms with E-state index in [0.717, 1.165) is 5.56 Å². The molecule has 0 spiro atoms. The Morgan fingerprint density at radius 3 is 2.43 bits per heavy atom. The van der Waals surface area contributed by atoms with E-state index in [4.69, 9.17) is 20.4 Å². The number of nitrogens with zero attached hydrogens (tertiary/aromatic N) is 2. The smallest absolute Gasteiger partial charge is 0.170 e. The minimum absolute atomic E-state index is 0.108. The lowest BCUT2D eigenvalue weighted by molar-refractivity contribution is 0.110. The summed E-state index contributed by atoms with van der Waals surface area (Å²) in [5, 5.41) is 11.8. The van der Waals surface area contributed by atoms with Crippen molar-refractivity contribution in [1.82, 2.24) is 4.90 Å². The zero-order valence-corrected chi connectivity index (χ0v) is 12.4. The molecule has 0 atom stereocenters. The van der Waals surface area contributed by atoms with Gasteiger partial charge in [-0.15, -0.1) is 0 Å². The van der Waals surface area contributed by atoms with Gasteiger partial charge in [0.05, 0.1) is 13.2 Å². The largest absolute Gasteiger partial charge is 0.409 e. The third kappa shape index (κ3) is 5.66. The Morgan fingerprint density at radius 2 is 1.90 bits per heavy atom. The fraction of sp³-hybridized carbons (Fsp3) is 0.500. The maximum absolute atomic E-state index is 13.3. The highest BCUT2D eigenvalue weighted by atomic mass is 19.1. The zero-order valence-electron chi connectivity index (χ0n) is 12.4. The van der Waals surface area contributed by atoms with E-state index < -0.39 is 5.82 Å². The second-order valence-corrected chi connectivity index (χ2v) is 4.55. The monoisotopic (exact) mass is 299 g/mol. The molecule has 118 valence electrons. The van der Waals surface area contributed by atoms with E-state index in [-0.39, 0.29) is 5.84 Å². The molecule has 0 saturated heterocycles. The summed E-state index contributed by atoms with van der Waals surface area (Å²) in [6.45, 7) is 3.08. The summed E-state index contributed by atoms with van der Waals surface area (Å²) in [7, 11) is 3.27. The average molecular weight is 299 g/mol. The molecule has 7 heteroatoms. The van der Waals surface area contributed by atoms with Crippen LogP contribution in [-0.4, -0.2) is 56.5 Å². The summed E-state index contributed by atoms with van der Waals surface area (Å²) in [6.07, 6.45) is 0. The van der Waals surface area contributed by atoms with E-state index in [0.29, 0.717) is 38.4 Å². The molecule has 1 aromatic rings. The number of amidine groups is 1. The molecule has 0 heterocycles. The first kappa shape index (κ1) is 17.4. The molecule has 0 saturated carbocycles. The minimum Gasteiger partial charge on any atom is -0.409 e. The number of halogens is 1. The van der Waals surface area contributed by atoms with Crippen molar-refractivity contribution in [2.75, 3.05) is 40.5 Å². The summed E-state index contributed by atoms with van der Waals surface area (Å²) in [6, 6.07) is 4.25. The van der Waals surface area contributed by atoms with Crippen molar-refractivity contribution in [2.45, 2.75) is 6.54 Å². The van der Waals surface area contributed by atoms with E-state index in [1.54, 1.807) is 20.3 Å². The second-order valence-electron chi connectivity index (χ2n) is 4.55. The van der Waals surface area contributed by atoms with Gasteiger partial charge >= 0.3 is 0 Å². The first-order valence-electron chi connectivity index (χ1n) is 6.59. The zero-order chi connectivity index (χ0) is 15.7. The first-order chi connectivity index (χ1) is 10.1. The summed E-state index contributed by atoms with van der Waals surface area (Å²) < 4.78 is 23.5. The highest BCUT2D eigenvalue weighted by molar-refractivity contribution is 5.98. The lowest BCUT2D eigenvalue weighted by Crippen LogP contribution is -2.31. The number of methoxy groups -OCH3 is 2. The lowest BCUT2D eigenvalue weighted by Gasteiger charge is -2.23. The number of oxime groups is 1. The van der Waals surface area contributed by atoms with Crippen molar-refractivity contribution in [3.05, 3.63) is 35.1 Å². The molecule has 0 aliphatic heterocycles. The van der Waals surface area contributed by atoms with Crippen LogP contribution in [0.25, 0.3) is 0 Å². The number of hydrogen-bond acceptors (Lipinski definition) is 5. The number of hydrogen-bond donors (Lipinski definition) is 2. The highest BCUT2D eigenvalue weighted by Gasteiger charge is 2.13. The topological polar surface area (TPSA) is 80.3 Å². The molecule has 1 rings (SSSR count). The molecule has 0 aromatic heterocycles. The number of benzene rings is 1. The molecule has 0 aliphatic carbocycles. The normalized spacial score (nSPS) is 12.1. The number of nitrogens with two attached hydrogens (primary N) is 1. The van der Waals surface area contributed by atoms with Crippen molar-refractivity contribution in [3.8, 4) is 0 Å². The van der Waals surface area contributed by atoms with Crippen LogP contribution in [0, 0.1) is 5.82 Å². The van der Waals surface area contributed by atoms with E-state index in [1.807, 2.05) is 0 Å². The molecule has 0 aliphatic rings. The number of ether oxygens (including phenoxy) is 2. The molecular weight excluding hydrogens is 277 g/mol. The van der Waals surface area contributed by atoms with Crippen LogP contribution in [-0.2, 0) is 16.0 Å². The van der Waals surface area contributed by atoms with Crippen LogP contribution in [0.2, 0.25) is 0 Å². The van der Waals surface area contributed by atoms with Crippen LogP contribution < -0.4 is 5.73 Å². The Hall–Kier alpha value is -1.70. The summed E-state index contributed by atoms with van der Waals surface area (Å²) in [4.78, 5) is 2.09. The molecular formula is C14H22FN3O3. The summed E-state index contributed by atoms with van der Waals surface area (Å²) in [5.41, 5.74) is 6.77. The van der Waals surface area contributed by atoms with E-state index in [1.165, 1.54) is 12.1 Å². The van der Waals surface area contributed by atoms with E-state index in [2.05, 4.69) is 10.1 Å². The first-order valence-corrected chi connectivity index (χ1v) is 6.59. The summed E-state index contributed by atoms with van der Waals surface area (Å²) >= 11 is 0. The molecule has 0 fully saturated rings. The second kappa shape index (κ2) is 9.28. The summed E-state index contributed by atoms with van der Waals surface area (Å²) in [5.74, 6) is -0.538. The molecule has 0 amide bonds. The predicted octanol–water partition coefficient (Wildman–Crippen LogP) is 1.01. The quantitative estimate of drug-likeness (QED) is 0.308. The van der Waals surface area contributed by atoms with E-state index >= 15 is 0 Å². The SMILES string of the molecule is COCCN(CCOC)Cc1ccc(F)cc1C(N)=NO. The Kier molecular flexibility index (Phi) is 7.66. The van der Waals surface area contributed by atoms with Crippen LogP contribution >= 0.6 is 0 Å². The van der Waals surface area contributed by atoms with Crippen molar-refractivity contribution in [1.29, 1.82) is 0 Å². The molecule has 0 bridgehead atoms. The molecule has 21 heavy (non-hydrogen) atoms. The van der Waals surface area contributed by atoms with Crippen molar-refractivity contribution < 1.29 is 19.1 Å². The van der Waals surface area contributed by atoms with Crippen LogP contribution in [0.3, 0.4) is 0 Å². The van der Waals surface area contributed by atoms with Crippen LogP contribution in [0.5, 0.6) is 0 Å². The van der Waals surface area contributed by atoms with E-state index in [9.17, 15) is 4.39 Å². The number of rotatable bonds is 9.